The quantitative estimate of drug-likeness (QED) is 0.490. The lowest BCUT2D eigenvalue weighted by Gasteiger charge is -2.04. The van der Waals surface area contributed by atoms with Crippen LogP contribution < -0.4 is 5.73 Å². The van der Waals surface area contributed by atoms with Gasteiger partial charge in [-0.2, -0.15) is 0 Å². The molecule has 0 saturated heterocycles. The van der Waals surface area contributed by atoms with E-state index in [2.05, 4.69) is 6.58 Å². The predicted molar refractivity (Wildman–Crippen MR) is 48.8 cm³/mol. The van der Waals surface area contributed by atoms with Crippen LogP contribution in [0.1, 0.15) is 26.2 Å². The van der Waals surface area contributed by atoms with Gasteiger partial charge in [0.1, 0.15) is 6.61 Å². The minimum atomic E-state index is -0.478. The molecule has 0 bridgehead atoms. The maximum atomic E-state index is 11.0. The Balaban J connectivity index is 3.62. The van der Waals surface area contributed by atoms with Gasteiger partial charge in [0, 0.05) is 5.57 Å². The molecule has 0 aliphatic rings. The summed E-state index contributed by atoms with van der Waals surface area (Å²) in [6, 6.07) is 0. The van der Waals surface area contributed by atoms with Gasteiger partial charge in [0.25, 0.3) is 0 Å². The van der Waals surface area contributed by atoms with Crippen LogP contribution in [0.15, 0.2) is 12.2 Å². The predicted octanol–water partition coefficient (Wildman–Crippen LogP) is 0.761. The topological polar surface area (TPSA) is 69.4 Å². The van der Waals surface area contributed by atoms with Crippen molar-refractivity contribution in [2.45, 2.75) is 26.2 Å². The molecule has 0 aliphatic carbocycles. The molecule has 0 unspecified atom stereocenters. The Kier molecular flexibility index (Phi) is 5.59. The molecule has 0 aliphatic heterocycles. The van der Waals surface area contributed by atoms with E-state index in [-0.39, 0.29) is 13.0 Å². The van der Waals surface area contributed by atoms with Gasteiger partial charge in [-0.1, -0.05) is 19.9 Å². The number of carbonyl (C=O) groups is 2. The maximum absolute atomic E-state index is 11.0. The first-order chi connectivity index (χ1) is 6.07. The van der Waals surface area contributed by atoms with Crippen LogP contribution in [0, 0.1) is 0 Å². The highest BCUT2D eigenvalue weighted by molar-refractivity contribution is 5.87. The Morgan fingerprint density at radius 2 is 2.00 bits per heavy atom. The van der Waals surface area contributed by atoms with Gasteiger partial charge in [0.15, 0.2) is 0 Å². The summed E-state index contributed by atoms with van der Waals surface area (Å²) in [5.41, 5.74) is 5.30. The monoisotopic (exact) mass is 185 g/mol. The van der Waals surface area contributed by atoms with E-state index in [4.69, 9.17) is 10.5 Å². The van der Waals surface area contributed by atoms with Crippen LogP contribution in [-0.2, 0) is 14.3 Å². The molecule has 1 amide bonds. The standard InChI is InChI=1S/C9H15NO3/c1-3-4-7(2)9(12)13-6-5-8(10)11/h2-6H2,1H3,(H2,10,11). The summed E-state index contributed by atoms with van der Waals surface area (Å²) < 4.78 is 4.73. The molecule has 13 heavy (non-hydrogen) atoms. The normalized spacial score (nSPS) is 9.31. The summed E-state index contributed by atoms with van der Waals surface area (Å²) in [7, 11) is 0. The summed E-state index contributed by atoms with van der Waals surface area (Å²) in [5.74, 6) is -0.919. The van der Waals surface area contributed by atoms with E-state index >= 15 is 0 Å². The van der Waals surface area contributed by atoms with Crippen molar-refractivity contribution in [3.63, 3.8) is 0 Å². The lowest BCUT2D eigenvalue weighted by Crippen LogP contribution is -2.16. The van der Waals surface area contributed by atoms with Crippen molar-refractivity contribution in [2.24, 2.45) is 5.73 Å². The van der Waals surface area contributed by atoms with Crippen molar-refractivity contribution in [1.82, 2.24) is 0 Å². The first-order valence-electron chi connectivity index (χ1n) is 4.21. The van der Waals surface area contributed by atoms with Crippen LogP contribution in [-0.4, -0.2) is 18.5 Å². The molecule has 0 saturated carbocycles. The van der Waals surface area contributed by atoms with Crippen molar-refractivity contribution >= 4 is 11.9 Å². The summed E-state index contributed by atoms with van der Waals surface area (Å²) in [6.07, 6.45) is 1.53. The Labute approximate surface area is 77.7 Å². The van der Waals surface area contributed by atoms with Crippen molar-refractivity contribution < 1.29 is 14.3 Å². The SMILES string of the molecule is C=C(CCC)C(=O)OCCC(N)=O. The largest absolute Gasteiger partial charge is 0.462 e. The first-order valence-corrected chi connectivity index (χ1v) is 4.21. The van der Waals surface area contributed by atoms with E-state index < -0.39 is 11.9 Å². The third-order valence-corrected chi connectivity index (χ3v) is 1.42. The van der Waals surface area contributed by atoms with Crippen molar-refractivity contribution in [1.29, 1.82) is 0 Å². The number of esters is 1. The van der Waals surface area contributed by atoms with E-state index in [1.165, 1.54) is 0 Å². The third kappa shape index (κ3) is 5.90. The summed E-state index contributed by atoms with van der Waals surface area (Å²) in [5, 5.41) is 0. The van der Waals surface area contributed by atoms with Gasteiger partial charge >= 0.3 is 5.97 Å². The second-order valence-corrected chi connectivity index (χ2v) is 2.71. The molecule has 0 aromatic heterocycles. The summed E-state index contributed by atoms with van der Waals surface area (Å²) in [6.45, 7) is 5.54. The van der Waals surface area contributed by atoms with E-state index in [9.17, 15) is 9.59 Å². The first kappa shape index (κ1) is 11.7. The highest BCUT2D eigenvalue weighted by atomic mass is 16.5. The highest BCUT2D eigenvalue weighted by Gasteiger charge is 2.07. The zero-order valence-corrected chi connectivity index (χ0v) is 7.84. The highest BCUT2D eigenvalue weighted by Crippen LogP contribution is 2.03. The molecule has 2 N–H and O–H groups in total. The number of amides is 1. The van der Waals surface area contributed by atoms with Gasteiger partial charge < -0.3 is 10.5 Å². The van der Waals surface area contributed by atoms with Crippen LogP contribution >= 0.6 is 0 Å². The van der Waals surface area contributed by atoms with Crippen LogP contribution in [0.25, 0.3) is 0 Å². The molecule has 4 nitrogen and oxygen atoms in total. The summed E-state index contributed by atoms with van der Waals surface area (Å²) in [4.78, 5) is 21.3. The van der Waals surface area contributed by atoms with E-state index in [0.29, 0.717) is 12.0 Å². The molecule has 4 heteroatoms. The molecule has 0 atom stereocenters. The van der Waals surface area contributed by atoms with Gasteiger partial charge in [-0.3, -0.25) is 4.79 Å². The van der Waals surface area contributed by atoms with Crippen molar-refractivity contribution in [3.05, 3.63) is 12.2 Å². The van der Waals surface area contributed by atoms with Gasteiger partial charge in [-0.25, -0.2) is 4.79 Å². The second-order valence-electron chi connectivity index (χ2n) is 2.71. The van der Waals surface area contributed by atoms with Crippen molar-refractivity contribution in [2.75, 3.05) is 6.61 Å². The molecule has 0 radical (unpaired) electrons. The Morgan fingerprint density at radius 1 is 1.38 bits per heavy atom. The van der Waals surface area contributed by atoms with Gasteiger partial charge in [0.05, 0.1) is 6.42 Å². The molecule has 74 valence electrons. The Hall–Kier alpha value is -1.32. The lowest BCUT2D eigenvalue weighted by atomic mass is 10.2. The van der Waals surface area contributed by atoms with Gasteiger partial charge in [-0.05, 0) is 6.42 Å². The number of rotatable bonds is 6. The fourth-order valence-electron chi connectivity index (χ4n) is 0.750. The molecule has 0 aromatic rings. The fourth-order valence-corrected chi connectivity index (χ4v) is 0.750. The van der Waals surface area contributed by atoms with Crippen LogP contribution in [0.4, 0.5) is 0 Å². The minimum Gasteiger partial charge on any atom is -0.462 e. The zero-order chi connectivity index (χ0) is 10.3. The van der Waals surface area contributed by atoms with E-state index in [0.717, 1.165) is 6.42 Å². The van der Waals surface area contributed by atoms with Gasteiger partial charge in [0.2, 0.25) is 5.91 Å². The Morgan fingerprint density at radius 3 is 2.46 bits per heavy atom. The van der Waals surface area contributed by atoms with Crippen LogP contribution in [0.5, 0.6) is 0 Å². The Bertz CT molecular complexity index is 211. The lowest BCUT2D eigenvalue weighted by molar-refractivity contribution is -0.139. The number of nitrogens with two attached hydrogens (primary N) is 1. The number of carbonyl (C=O) groups excluding carboxylic acids is 2. The second kappa shape index (κ2) is 6.22. The number of primary amides is 1. The van der Waals surface area contributed by atoms with Crippen LogP contribution in [0.3, 0.4) is 0 Å². The fraction of sp³-hybridized carbons (Fsp3) is 0.556. The molecule has 0 fully saturated rings. The zero-order valence-electron chi connectivity index (χ0n) is 7.84. The molecule has 0 spiro atoms. The molecule has 0 aromatic carbocycles. The van der Waals surface area contributed by atoms with E-state index in [1.807, 2.05) is 6.92 Å². The maximum Gasteiger partial charge on any atom is 0.333 e. The average molecular weight is 185 g/mol. The van der Waals surface area contributed by atoms with Gasteiger partial charge in [-0.15, -0.1) is 0 Å². The smallest absolute Gasteiger partial charge is 0.333 e. The number of ether oxygens (including phenoxy) is 1. The van der Waals surface area contributed by atoms with Crippen LogP contribution in [0.2, 0.25) is 0 Å². The summed E-state index contributed by atoms with van der Waals surface area (Å²) >= 11 is 0. The van der Waals surface area contributed by atoms with E-state index in [1.54, 1.807) is 0 Å². The minimum absolute atomic E-state index is 0.0386. The van der Waals surface area contributed by atoms with Crippen molar-refractivity contribution in [3.8, 4) is 0 Å². The molecule has 0 heterocycles. The molecular formula is C9H15NO3. The molecular weight excluding hydrogens is 170 g/mol. The average Bonchev–Trinajstić information content (AvgIpc) is 2.04. The third-order valence-electron chi connectivity index (χ3n) is 1.42. The number of hydrogen-bond acceptors (Lipinski definition) is 3. The number of hydrogen-bond donors (Lipinski definition) is 1. The molecule has 0 rings (SSSR count).